The molecule has 17 heteroatoms. The number of alkyl halides is 3. The molecule has 6 rings (SSSR count). The van der Waals surface area contributed by atoms with Gasteiger partial charge >= 0.3 is 6.18 Å². The molecule has 3 aromatic heterocycles. The number of amides is 2. The molecule has 2 aliphatic rings. The number of hydrogen-bond donors (Lipinski definition) is 2. The van der Waals surface area contributed by atoms with Gasteiger partial charge in [-0.1, -0.05) is 11.6 Å². The van der Waals surface area contributed by atoms with E-state index in [1.807, 2.05) is 0 Å². The Kier molecular flexibility index (Phi) is 7.83. The summed E-state index contributed by atoms with van der Waals surface area (Å²) in [6.45, 7) is 1.85. The average Bonchev–Trinajstić information content (AvgIpc) is 3.39. The van der Waals surface area contributed by atoms with Crippen LogP contribution in [0.15, 0.2) is 34.1 Å². The number of carbonyl (C=O) groups is 2. The van der Waals surface area contributed by atoms with E-state index in [0.29, 0.717) is 56.5 Å². The van der Waals surface area contributed by atoms with E-state index in [-0.39, 0.29) is 50.5 Å². The van der Waals surface area contributed by atoms with E-state index >= 15 is 0 Å². The molecule has 1 aromatic carbocycles. The van der Waals surface area contributed by atoms with Crippen molar-refractivity contribution in [3.63, 3.8) is 0 Å². The van der Waals surface area contributed by atoms with Gasteiger partial charge in [-0.25, -0.2) is 9.97 Å². The quantitative estimate of drug-likeness (QED) is 0.319. The minimum atomic E-state index is -4.59. The van der Waals surface area contributed by atoms with Gasteiger partial charge in [0.2, 0.25) is 16.4 Å². The molecule has 2 amide bonds. The average molecular weight is 710 g/mol. The van der Waals surface area contributed by atoms with E-state index in [1.54, 1.807) is 16.4 Å². The van der Waals surface area contributed by atoms with Crippen LogP contribution in [0, 0.1) is 6.92 Å². The van der Waals surface area contributed by atoms with Crippen LogP contribution in [0.2, 0.25) is 5.02 Å². The van der Waals surface area contributed by atoms with Crippen molar-refractivity contribution in [3.8, 4) is 5.75 Å². The van der Waals surface area contributed by atoms with Gasteiger partial charge in [-0.15, -0.1) is 5.10 Å². The first-order valence-electron chi connectivity index (χ1n) is 13.9. The van der Waals surface area contributed by atoms with E-state index < -0.39 is 29.0 Å². The van der Waals surface area contributed by atoms with Gasteiger partial charge in [0.15, 0.2) is 11.4 Å². The zero-order valence-corrected chi connectivity index (χ0v) is 26.0. The number of halogens is 5. The number of aryl methyl sites for hydroxylation is 1. The summed E-state index contributed by atoms with van der Waals surface area (Å²) in [4.78, 5) is 54.2. The van der Waals surface area contributed by atoms with Gasteiger partial charge in [0.05, 0.1) is 22.0 Å². The van der Waals surface area contributed by atoms with Crippen LogP contribution in [0.5, 0.6) is 5.75 Å². The van der Waals surface area contributed by atoms with Gasteiger partial charge in [0, 0.05) is 29.8 Å². The molecule has 1 aliphatic carbocycles. The fourth-order valence-electron chi connectivity index (χ4n) is 6.29. The molecule has 0 radical (unpaired) electrons. The summed E-state index contributed by atoms with van der Waals surface area (Å²) in [7, 11) is 0. The maximum absolute atomic E-state index is 14.0. The summed E-state index contributed by atoms with van der Waals surface area (Å²) in [6, 6.07) is 2.64. The number of likely N-dealkylation sites (tertiary alicyclic amines) is 1. The zero-order chi connectivity index (χ0) is 32.3. The number of rotatable bonds is 4. The Balaban J connectivity index is 1.32. The molecule has 1 saturated heterocycles. The summed E-state index contributed by atoms with van der Waals surface area (Å²) >= 11 is 9.28. The van der Waals surface area contributed by atoms with Crippen molar-refractivity contribution in [2.75, 3.05) is 18.4 Å². The number of anilines is 1. The van der Waals surface area contributed by atoms with Crippen LogP contribution < -0.4 is 10.9 Å². The van der Waals surface area contributed by atoms with Gasteiger partial charge < -0.3 is 19.9 Å². The predicted octanol–water partition coefficient (Wildman–Crippen LogP) is 4.28. The monoisotopic (exact) mass is 708 g/mol. The van der Waals surface area contributed by atoms with Crippen molar-refractivity contribution in [2.45, 2.75) is 57.2 Å². The number of nitrogens with one attached hydrogen (secondary N) is 1. The Morgan fingerprint density at radius 3 is 2.60 bits per heavy atom. The van der Waals surface area contributed by atoms with Crippen molar-refractivity contribution in [1.82, 2.24) is 34.0 Å². The van der Waals surface area contributed by atoms with Crippen molar-refractivity contribution in [3.05, 3.63) is 72.8 Å². The Bertz CT molecular complexity index is 1920. The van der Waals surface area contributed by atoms with Crippen molar-refractivity contribution in [1.29, 1.82) is 0 Å². The fraction of sp³-hybridized carbons (Fsp3) is 0.393. The van der Waals surface area contributed by atoms with Crippen molar-refractivity contribution in [2.24, 2.45) is 0 Å². The first-order chi connectivity index (χ1) is 21.3. The number of aromatic nitrogens is 6. The topological polar surface area (TPSA) is 148 Å². The van der Waals surface area contributed by atoms with Gasteiger partial charge in [0.25, 0.3) is 11.5 Å². The molecule has 1 aliphatic heterocycles. The molecule has 4 aromatic rings. The Morgan fingerprint density at radius 2 is 1.91 bits per heavy atom. The minimum absolute atomic E-state index is 0.00155. The predicted molar refractivity (Wildman–Crippen MR) is 158 cm³/mol. The highest BCUT2D eigenvalue weighted by atomic mass is 79.9. The van der Waals surface area contributed by atoms with Crippen molar-refractivity contribution < 1.29 is 27.9 Å². The number of nitrogens with zero attached hydrogens (tertiary/aromatic N) is 7. The summed E-state index contributed by atoms with van der Waals surface area (Å²) in [5.74, 6) is -1.18. The number of carbonyl (C=O) groups excluding carboxylic acids is 2. The molecule has 0 atom stereocenters. The Labute approximate surface area is 266 Å². The largest absolute Gasteiger partial charge is 0.504 e. The molecule has 12 nitrogen and oxygen atoms in total. The van der Waals surface area contributed by atoms with Crippen LogP contribution in [0.1, 0.15) is 58.7 Å². The maximum Gasteiger partial charge on any atom is 0.416 e. The standard InChI is InChI=1S/C28H25BrClF3N8O4/c1-14-22(43)21(35-13-34-14)24(45)39-9-7-27(8-10-39)6-2-3-18-20(27)23(44)41-26(37-25(29)38-41)40(18)12-19(42)36-17-5-4-15(11-16(17)30)28(31,32)33/h4-5,11,13,43H,2-3,6-10,12H2,1H3,(H,36,42). The van der Waals surface area contributed by atoms with Crippen LogP contribution in [0.4, 0.5) is 18.9 Å². The summed E-state index contributed by atoms with van der Waals surface area (Å²) in [5.41, 5.74) is -0.632. The molecule has 0 saturated carbocycles. The first-order valence-corrected chi connectivity index (χ1v) is 15.1. The summed E-state index contributed by atoms with van der Waals surface area (Å²) in [6.07, 6.45) is -0.645. The smallest absolute Gasteiger partial charge is 0.416 e. The molecule has 236 valence electrons. The summed E-state index contributed by atoms with van der Waals surface area (Å²) < 4.78 is 42.1. The third kappa shape index (κ3) is 5.54. The second kappa shape index (κ2) is 11.4. The minimum Gasteiger partial charge on any atom is -0.504 e. The molecule has 2 N–H and O–H groups in total. The highest BCUT2D eigenvalue weighted by Crippen LogP contribution is 2.44. The third-order valence-electron chi connectivity index (χ3n) is 8.51. The van der Waals surface area contributed by atoms with E-state index in [1.165, 1.54) is 6.33 Å². The second-order valence-electron chi connectivity index (χ2n) is 11.1. The highest BCUT2D eigenvalue weighted by Gasteiger charge is 2.44. The van der Waals surface area contributed by atoms with E-state index in [0.717, 1.165) is 22.7 Å². The lowest BCUT2D eigenvalue weighted by Gasteiger charge is -2.45. The van der Waals surface area contributed by atoms with E-state index in [9.17, 15) is 32.7 Å². The van der Waals surface area contributed by atoms with E-state index in [4.69, 9.17) is 11.6 Å². The van der Waals surface area contributed by atoms with Crippen molar-refractivity contribution >= 4 is 50.8 Å². The van der Waals surface area contributed by atoms with Gasteiger partial charge in [-0.3, -0.25) is 14.4 Å². The fourth-order valence-corrected chi connectivity index (χ4v) is 6.84. The highest BCUT2D eigenvalue weighted by molar-refractivity contribution is 9.10. The second-order valence-corrected chi connectivity index (χ2v) is 12.2. The van der Waals surface area contributed by atoms with Gasteiger partial charge in [-0.05, 0) is 73.2 Å². The summed E-state index contributed by atoms with van der Waals surface area (Å²) in [5, 5.41) is 16.9. The van der Waals surface area contributed by atoms with Crippen LogP contribution in [0.3, 0.4) is 0 Å². The maximum atomic E-state index is 14.0. The number of aromatic hydroxyl groups is 1. The first kappa shape index (κ1) is 31.0. The third-order valence-corrected chi connectivity index (χ3v) is 9.16. The lowest BCUT2D eigenvalue weighted by molar-refractivity contribution is -0.137. The normalized spacial score (nSPS) is 16.2. The number of hydrogen-bond acceptors (Lipinski definition) is 8. The molecule has 0 unspecified atom stereocenters. The molecule has 45 heavy (non-hydrogen) atoms. The van der Waals surface area contributed by atoms with Crippen LogP contribution in [-0.2, 0) is 29.4 Å². The molecular formula is C28H25BrClF3N8O4. The Hall–Kier alpha value is -4.05. The molecule has 4 heterocycles. The number of fused-ring (bicyclic) bond motifs is 3. The van der Waals surface area contributed by atoms with Gasteiger partial charge in [-0.2, -0.15) is 22.7 Å². The molecular weight excluding hydrogens is 685 g/mol. The van der Waals surface area contributed by atoms with Gasteiger partial charge in [0.1, 0.15) is 12.9 Å². The SMILES string of the molecule is Cc1ncnc(C(=O)N2CCC3(CCCc4c3c(=O)n3nc(Br)nc3n4CC(=O)Nc3ccc(C(F)(F)F)cc3Cl)CC2)c1O. The number of benzene rings is 1. The van der Waals surface area contributed by atoms with Crippen LogP contribution in [0.25, 0.3) is 5.78 Å². The zero-order valence-electron chi connectivity index (χ0n) is 23.7. The van der Waals surface area contributed by atoms with Crippen LogP contribution in [-0.4, -0.2) is 64.0 Å². The molecule has 1 fully saturated rings. The lowest BCUT2D eigenvalue weighted by Crippen LogP contribution is -2.50. The number of piperidine rings is 1. The Morgan fingerprint density at radius 1 is 1.18 bits per heavy atom. The van der Waals surface area contributed by atoms with Crippen LogP contribution >= 0.6 is 27.5 Å². The molecule has 1 spiro atoms. The van der Waals surface area contributed by atoms with E-state index in [2.05, 4.69) is 41.3 Å². The lowest BCUT2D eigenvalue weighted by atomic mass is 9.66. The molecule has 0 bridgehead atoms.